The van der Waals surface area contributed by atoms with Crippen molar-refractivity contribution in [2.24, 2.45) is 11.8 Å². The highest BCUT2D eigenvalue weighted by atomic mass is 16.2. The van der Waals surface area contributed by atoms with E-state index in [4.69, 9.17) is 0 Å². The Morgan fingerprint density at radius 3 is 2.67 bits per heavy atom. The Bertz CT molecular complexity index is 336. The third kappa shape index (κ3) is 1.95. The van der Waals surface area contributed by atoms with Gasteiger partial charge in [-0.05, 0) is 45.1 Å². The summed E-state index contributed by atoms with van der Waals surface area (Å²) in [7, 11) is 0. The lowest BCUT2D eigenvalue weighted by atomic mass is 9.85. The summed E-state index contributed by atoms with van der Waals surface area (Å²) >= 11 is 0. The highest BCUT2D eigenvalue weighted by molar-refractivity contribution is 5.78. The van der Waals surface area contributed by atoms with Gasteiger partial charge in [0.1, 0.15) is 0 Å². The number of hydrogen-bond donors (Lipinski definition) is 1. The molecule has 0 saturated carbocycles. The maximum absolute atomic E-state index is 12.3. The van der Waals surface area contributed by atoms with E-state index >= 15 is 0 Å². The third-order valence-electron chi connectivity index (χ3n) is 5.30. The van der Waals surface area contributed by atoms with Gasteiger partial charge in [-0.25, -0.2) is 0 Å². The van der Waals surface area contributed by atoms with Gasteiger partial charge in [0.2, 0.25) is 5.91 Å². The number of nitrogens with one attached hydrogen (secondary N) is 1. The van der Waals surface area contributed by atoms with Crippen LogP contribution in [0, 0.1) is 11.8 Å². The molecule has 1 amide bonds. The van der Waals surface area contributed by atoms with Gasteiger partial charge in [-0.15, -0.1) is 0 Å². The molecular formula is C14H25N3O. The molecular weight excluding hydrogens is 226 g/mol. The normalized spacial score (nSPS) is 35.1. The number of hydrogen-bond acceptors (Lipinski definition) is 3. The van der Waals surface area contributed by atoms with E-state index in [-0.39, 0.29) is 5.54 Å². The summed E-state index contributed by atoms with van der Waals surface area (Å²) in [6.07, 6.45) is 2.37. The van der Waals surface area contributed by atoms with E-state index in [2.05, 4.69) is 24.1 Å². The van der Waals surface area contributed by atoms with Gasteiger partial charge in [-0.2, -0.15) is 0 Å². The third-order valence-corrected chi connectivity index (χ3v) is 5.30. The zero-order valence-electron chi connectivity index (χ0n) is 11.6. The number of carbonyl (C=O) groups excluding carboxylic acids is 1. The second-order valence-electron chi connectivity index (χ2n) is 6.65. The smallest absolute Gasteiger partial charge is 0.236 e. The average Bonchev–Trinajstić information content (AvgIpc) is 3.01. The summed E-state index contributed by atoms with van der Waals surface area (Å²) in [5, 5.41) is 3.49. The Morgan fingerprint density at radius 1 is 1.28 bits per heavy atom. The summed E-state index contributed by atoms with van der Waals surface area (Å²) in [5.74, 6) is 1.80. The van der Waals surface area contributed by atoms with Gasteiger partial charge in [0.25, 0.3) is 0 Å². The topological polar surface area (TPSA) is 35.6 Å². The molecule has 0 spiro atoms. The first kappa shape index (κ1) is 12.4. The molecule has 0 aromatic rings. The first-order chi connectivity index (χ1) is 8.59. The minimum absolute atomic E-state index is 0.170. The molecule has 0 aromatic carbocycles. The molecule has 0 bridgehead atoms. The Labute approximate surface area is 110 Å². The predicted molar refractivity (Wildman–Crippen MR) is 71.3 cm³/mol. The van der Waals surface area contributed by atoms with Crippen molar-refractivity contribution < 1.29 is 4.79 Å². The van der Waals surface area contributed by atoms with E-state index in [1.807, 2.05) is 4.90 Å². The van der Waals surface area contributed by atoms with Crippen LogP contribution in [0.5, 0.6) is 0 Å². The number of amides is 1. The molecule has 3 aliphatic heterocycles. The zero-order valence-corrected chi connectivity index (χ0v) is 11.6. The minimum Gasteiger partial charge on any atom is -0.342 e. The van der Waals surface area contributed by atoms with Crippen LogP contribution in [-0.2, 0) is 4.79 Å². The lowest BCUT2D eigenvalue weighted by molar-refractivity contribution is -0.132. The summed E-state index contributed by atoms with van der Waals surface area (Å²) in [6, 6.07) is 0. The van der Waals surface area contributed by atoms with Crippen LogP contribution in [0.15, 0.2) is 0 Å². The highest BCUT2D eigenvalue weighted by Crippen LogP contribution is 2.40. The maximum atomic E-state index is 12.3. The Balaban J connectivity index is 1.64. The standard InChI is InChI=1S/C14H25N3O/c1-14(2)12-8-15-7-11(12)9-17(14)10-13(18)16-5-3-4-6-16/h11-12,15H,3-10H2,1-2H3. The number of likely N-dealkylation sites (tertiary alicyclic amines) is 2. The fourth-order valence-corrected chi connectivity index (χ4v) is 4.00. The van der Waals surface area contributed by atoms with Crippen molar-refractivity contribution in [3.63, 3.8) is 0 Å². The minimum atomic E-state index is 0.170. The van der Waals surface area contributed by atoms with E-state index < -0.39 is 0 Å². The van der Waals surface area contributed by atoms with Gasteiger partial charge in [-0.3, -0.25) is 9.69 Å². The first-order valence-corrected chi connectivity index (χ1v) is 7.32. The largest absolute Gasteiger partial charge is 0.342 e. The molecule has 4 heteroatoms. The number of rotatable bonds is 2. The summed E-state index contributed by atoms with van der Waals surface area (Å²) in [4.78, 5) is 16.7. The van der Waals surface area contributed by atoms with E-state index in [0.717, 1.165) is 38.6 Å². The fraction of sp³-hybridized carbons (Fsp3) is 0.929. The van der Waals surface area contributed by atoms with Crippen LogP contribution in [0.3, 0.4) is 0 Å². The second-order valence-corrected chi connectivity index (χ2v) is 6.65. The van der Waals surface area contributed by atoms with Crippen LogP contribution in [0.25, 0.3) is 0 Å². The maximum Gasteiger partial charge on any atom is 0.236 e. The summed E-state index contributed by atoms with van der Waals surface area (Å²) in [6.45, 7) is 10.5. The van der Waals surface area contributed by atoms with Crippen molar-refractivity contribution in [2.75, 3.05) is 39.3 Å². The van der Waals surface area contributed by atoms with Gasteiger partial charge in [-0.1, -0.05) is 0 Å². The predicted octanol–water partition coefficient (Wildman–Crippen LogP) is 0.539. The van der Waals surface area contributed by atoms with E-state index in [0.29, 0.717) is 18.4 Å². The van der Waals surface area contributed by atoms with E-state index in [1.165, 1.54) is 12.8 Å². The molecule has 3 rings (SSSR count). The van der Waals surface area contributed by atoms with Gasteiger partial charge < -0.3 is 10.2 Å². The Hall–Kier alpha value is -0.610. The first-order valence-electron chi connectivity index (χ1n) is 7.32. The molecule has 18 heavy (non-hydrogen) atoms. The summed E-state index contributed by atoms with van der Waals surface area (Å²) < 4.78 is 0. The Kier molecular flexibility index (Phi) is 3.10. The zero-order chi connectivity index (χ0) is 12.8. The second kappa shape index (κ2) is 4.49. The molecule has 3 fully saturated rings. The van der Waals surface area contributed by atoms with E-state index in [9.17, 15) is 4.79 Å². The van der Waals surface area contributed by atoms with Crippen molar-refractivity contribution in [3.8, 4) is 0 Å². The van der Waals surface area contributed by atoms with Gasteiger partial charge in [0, 0.05) is 31.7 Å². The molecule has 2 atom stereocenters. The number of fused-ring (bicyclic) bond motifs is 1. The van der Waals surface area contributed by atoms with Crippen molar-refractivity contribution in [2.45, 2.75) is 32.2 Å². The van der Waals surface area contributed by atoms with Crippen LogP contribution in [-0.4, -0.2) is 60.5 Å². The molecule has 4 nitrogen and oxygen atoms in total. The quantitative estimate of drug-likeness (QED) is 0.778. The van der Waals surface area contributed by atoms with Crippen LogP contribution in [0.1, 0.15) is 26.7 Å². The SMILES string of the molecule is CC1(C)C2CNCC2CN1CC(=O)N1CCCC1. The molecule has 102 valence electrons. The highest BCUT2D eigenvalue weighted by Gasteiger charge is 2.49. The van der Waals surface area contributed by atoms with Crippen LogP contribution < -0.4 is 5.32 Å². The number of nitrogens with zero attached hydrogens (tertiary/aromatic N) is 2. The van der Waals surface area contributed by atoms with Crippen LogP contribution >= 0.6 is 0 Å². The van der Waals surface area contributed by atoms with Crippen molar-refractivity contribution >= 4 is 5.91 Å². The monoisotopic (exact) mass is 251 g/mol. The fourth-order valence-electron chi connectivity index (χ4n) is 4.00. The van der Waals surface area contributed by atoms with Crippen molar-refractivity contribution in [1.29, 1.82) is 0 Å². The van der Waals surface area contributed by atoms with E-state index in [1.54, 1.807) is 0 Å². The molecule has 3 aliphatic rings. The molecule has 1 N–H and O–H groups in total. The molecule has 0 radical (unpaired) electrons. The van der Waals surface area contributed by atoms with Crippen molar-refractivity contribution in [3.05, 3.63) is 0 Å². The summed E-state index contributed by atoms with van der Waals surface area (Å²) in [5.41, 5.74) is 0.170. The average molecular weight is 251 g/mol. The number of carbonyl (C=O) groups is 1. The molecule has 3 saturated heterocycles. The lowest BCUT2D eigenvalue weighted by Gasteiger charge is -2.36. The lowest BCUT2D eigenvalue weighted by Crippen LogP contribution is -2.49. The molecule has 3 heterocycles. The van der Waals surface area contributed by atoms with Crippen molar-refractivity contribution in [1.82, 2.24) is 15.1 Å². The van der Waals surface area contributed by atoms with Gasteiger partial charge in [0.15, 0.2) is 0 Å². The molecule has 2 unspecified atom stereocenters. The van der Waals surface area contributed by atoms with Crippen LogP contribution in [0.2, 0.25) is 0 Å². The van der Waals surface area contributed by atoms with Gasteiger partial charge >= 0.3 is 0 Å². The van der Waals surface area contributed by atoms with Gasteiger partial charge in [0.05, 0.1) is 6.54 Å². The molecule has 0 aliphatic carbocycles. The Morgan fingerprint density at radius 2 is 2.00 bits per heavy atom. The van der Waals surface area contributed by atoms with Crippen LogP contribution in [0.4, 0.5) is 0 Å². The molecule has 0 aromatic heterocycles.